The summed E-state index contributed by atoms with van der Waals surface area (Å²) in [5.74, 6) is 1.41. The number of ether oxygens (including phenoxy) is 2. The summed E-state index contributed by atoms with van der Waals surface area (Å²) >= 11 is 0. The Hall–Kier alpha value is -2.51. The Labute approximate surface area is 153 Å². The first-order valence-electron chi connectivity index (χ1n) is 8.07. The van der Waals surface area contributed by atoms with Crippen LogP contribution in [0.4, 0.5) is 0 Å². The summed E-state index contributed by atoms with van der Waals surface area (Å²) in [5.41, 5.74) is 0.728. The molecule has 0 spiro atoms. The van der Waals surface area contributed by atoms with E-state index < -0.39 is 16.1 Å². The van der Waals surface area contributed by atoms with Crippen LogP contribution in [0.25, 0.3) is 11.0 Å². The smallest absolute Gasteiger partial charge is 0.243 e. The highest BCUT2D eigenvalue weighted by atomic mass is 32.2. The molecule has 3 rings (SSSR count). The molecule has 0 N–H and O–H groups in total. The third-order valence-electron chi connectivity index (χ3n) is 4.43. The number of rotatable bonds is 6. The first-order chi connectivity index (χ1) is 12.4. The molecule has 1 heterocycles. The fraction of sp³-hybridized carbons (Fsp3) is 0.263. The molecule has 1 aromatic heterocycles. The zero-order chi connectivity index (χ0) is 18.9. The van der Waals surface area contributed by atoms with Crippen LogP contribution in [-0.4, -0.2) is 34.0 Å². The van der Waals surface area contributed by atoms with Crippen LogP contribution in [0.1, 0.15) is 18.7 Å². The zero-order valence-corrected chi connectivity index (χ0v) is 15.9. The van der Waals surface area contributed by atoms with Crippen molar-refractivity contribution >= 4 is 21.0 Å². The van der Waals surface area contributed by atoms with Gasteiger partial charge in [0, 0.05) is 18.5 Å². The molecule has 0 bridgehead atoms. The van der Waals surface area contributed by atoms with E-state index in [1.54, 1.807) is 13.0 Å². The number of para-hydroxylation sites is 1. The monoisotopic (exact) mass is 375 g/mol. The normalized spacial score (nSPS) is 13.1. The van der Waals surface area contributed by atoms with E-state index >= 15 is 0 Å². The maximum atomic E-state index is 13.0. The Bertz CT molecular complexity index is 992. The molecule has 138 valence electrons. The molecule has 0 amide bonds. The summed E-state index contributed by atoms with van der Waals surface area (Å²) in [6.07, 6.45) is 0. The minimum atomic E-state index is -3.74. The Morgan fingerprint density at radius 2 is 1.69 bits per heavy atom. The van der Waals surface area contributed by atoms with E-state index in [4.69, 9.17) is 13.9 Å². The fourth-order valence-electron chi connectivity index (χ4n) is 2.74. The topological polar surface area (TPSA) is 69.0 Å². The van der Waals surface area contributed by atoms with E-state index in [0.29, 0.717) is 17.3 Å². The number of methoxy groups -OCH3 is 2. The third kappa shape index (κ3) is 3.15. The van der Waals surface area contributed by atoms with Crippen LogP contribution in [0.15, 0.2) is 57.8 Å². The highest BCUT2D eigenvalue weighted by Gasteiger charge is 2.29. The second kappa shape index (κ2) is 7.01. The van der Waals surface area contributed by atoms with Gasteiger partial charge in [-0.2, -0.15) is 4.31 Å². The van der Waals surface area contributed by atoms with Gasteiger partial charge in [-0.25, -0.2) is 8.42 Å². The van der Waals surface area contributed by atoms with Gasteiger partial charge < -0.3 is 13.9 Å². The number of furan rings is 1. The Kier molecular flexibility index (Phi) is 4.93. The van der Waals surface area contributed by atoms with E-state index in [2.05, 4.69) is 0 Å². The van der Waals surface area contributed by atoms with E-state index in [-0.39, 0.29) is 4.90 Å². The SMILES string of the molecule is COc1ccc(S(=O)(=O)N(C)[C@H](C)c2cc3ccccc3o2)cc1OC. The average Bonchev–Trinajstić information content (AvgIpc) is 3.10. The molecule has 0 aliphatic carbocycles. The Morgan fingerprint density at radius 1 is 1.00 bits per heavy atom. The lowest BCUT2D eigenvalue weighted by molar-refractivity contribution is 0.345. The molecule has 7 heteroatoms. The van der Waals surface area contributed by atoms with Crippen LogP contribution in [0.5, 0.6) is 11.5 Å². The standard InChI is InChI=1S/C19H21NO5S/c1-13(18-11-14-7-5-6-8-16(14)25-18)20(2)26(21,22)15-9-10-17(23-3)19(12-15)24-4/h5-13H,1-4H3/t13-/m1/s1. The minimum Gasteiger partial charge on any atom is -0.493 e. The van der Waals surface area contributed by atoms with Crippen LogP contribution in [-0.2, 0) is 10.0 Å². The summed E-state index contributed by atoms with van der Waals surface area (Å²) in [6, 6.07) is 13.5. The lowest BCUT2D eigenvalue weighted by Gasteiger charge is -2.23. The molecule has 0 aliphatic rings. The predicted molar refractivity (Wildman–Crippen MR) is 99.1 cm³/mol. The van der Waals surface area contributed by atoms with Crippen molar-refractivity contribution < 1.29 is 22.3 Å². The molecular weight excluding hydrogens is 354 g/mol. The van der Waals surface area contributed by atoms with Gasteiger partial charge in [0.25, 0.3) is 0 Å². The first-order valence-corrected chi connectivity index (χ1v) is 9.51. The summed E-state index contributed by atoms with van der Waals surface area (Å²) in [6.45, 7) is 1.79. The number of nitrogens with zero attached hydrogens (tertiary/aromatic N) is 1. The van der Waals surface area contributed by atoms with E-state index in [0.717, 1.165) is 11.0 Å². The van der Waals surface area contributed by atoms with Crippen molar-refractivity contribution in [1.82, 2.24) is 4.31 Å². The van der Waals surface area contributed by atoms with Gasteiger partial charge in [0.15, 0.2) is 11.5 Å². The van der Waals surface area contributed by atoms with E-state index in [1.165, 1.54) is 37.7 Å². The fourth-order valence-corrected chi connectivity index (χ4v) is 4.09. The van der Waals surface area contributed by atoms with Crippen molar-refractivity contribution in [3.63, 3.8) is 0 Å². The minimum absolute atomic E-state index is 0.126. The lowest BCUT2D eigenvalue weighted by Crippen LogP contribution is -2.29. The summed E-state index contributed by atoms with van der Waals surface area (Å²) < 4.78 is 43.5. The number of benzene rings is 2. The van der Waals surface area contributed by atoms with Gasteiger partial charge in [-0.1, -0.05) is 18.2 Å². The van der Waals surface area contributed by atoms with Crippen molar-refractivity contribution in [3.8, 4) is 11.5 Å². The molecular formula is C19H21NO5S. The van der Waals surface area contributed by atoms with Crippen LogP contribution in [0.2, 0.25) is 0 Å². The van der Waals surface area contributed by atoms with E-state index in [9.17, 15) is 8.42 Å². The van der Waals surface area contributed by atoms with Gasteiger partial charge in [0.05, 0.1) is 25.2 Å². The lowest BCUT2D eigenvalue weighted by atomic mass is 10.2. The zero-order valence-electron chi connectivity index (χ0n) is 15.1. The molecule has 6 nitrogen and oxygen atoms in total. The third-order valence-corrected chi connectivity index (χ3v) is 6.36. The average molecular weight is 375 g/mol. The van der Waals surface area contributed by atoms with Crippen molar-refractivity contribution in [3.05, 3.63) is 54.3 Å². The van der Waals surface area contributed by atoms with E-state index in [1.807, 2.05) is 30.3 Å². The molecule has 0 saturated carbocycles. The maximum Gasteiger partial charge on any atom is 0.243 e. The first kappa shape index (κ1) is 18.3. The number of sulfonamides is 1. The van der Waals surface area contributed by atoms with Crippen molar-refractivity contribution in [1.29, 1.82) is 0 Å². The predicted octanol–water partition coefficient (Wildman–Crippen LogP) is 3.83. The van der Waals surface area contributed by atoms with Gasteiger partial charge in [0.1, 0.15) is 11.3 Å². The summed E-state index contributed by atoms with van der Waals surface area (Å²) in [5, 5.41) is 0.936. The molecule has 3 aromatic rings. The Morgan fingerprint density at radius 3 is 2.35 bits per heavy atom. The quantitative estimate of drug-likeness (QED) is 0.655. The molecule has 0 aliphatic heterocycles. The van der Waals surface area contributed by atoms with Gasteiger partial charge in [0.2, 0.25) is 10.0 Å². The van der Waals surface area contributed by atoms with Crippen molar-refractivity contribution in [2.45, 2.75) is 17.9 Å². The summed E-state index contributed by atoms with van der Waals surface area (Å²) in [4.78, 5) is 0.126. The number of hydrogen-bond donors (Lipinski definition) is 0. The van der Waals surface area contributed by atoms with Crippen molar-refractivity contribution in [2.75, 3.05) is 21.3 Å². The largest absolute Gasteiger partial charge is 0.493 e. The highest BCUT2D eigenvalue weighted by Crippen LogP contribution is 2.33. The van der Waals surface area contributed by atoms with Crippen LogP contribution >= 0.6 is 0 Å². The second-order valence-electron chi connectivity index (χ2n) is 5.90. The van der Waals surface area contributed by atoms with Crippen LogP contribution in [0, 0.1) is 0 Å². The van der Waals surface area contributed by atoms with Gasteiger partial charge in [-0.3, -0.25) is 0 Å². The molecule has 0 unspecified atom stereocenters. The summed E-state index contributed by atoms with van der Waals surface area (Å²) in [7, 11) is 0.757. The van der Waals surface area contributed by atoms with Gasteiger partial charge in [-0.15, -0.1) is 0 Å². The maximum absolute atomic E-state index is 13.0. The molecule has 0 radical (unpaired) electrons. The van der Waals surface area contributed by atoms with Crippen molar-refractivity contribution in [2.24, 2.45) is 0 Å². The molecule has 26 heavy (non-hydrogen) atoms. The van der Waals surface area contributed by atoms with Gasteiger partial charge >= 0.3 is 0 Å². The molecule has 2 aromatic carbocycles. The molecule has 0 saturated heterocycles. The van der Waals surface area contributed by atoms with Gasteiger partial charge in [-0.05, 0) is 31.2 Å². The second-order valence-corrected chi connectivity index (χ2v) is 7.90. The van der Waals surface area contributed by atoms with Crippen LogP contribution in [0.3, 0.4) is 0 Å². The van der Waals surface area contributed by atoms with Crippen LogP contribution < -0.4 is 9.47 Å². The number of hydrogen-bond acceptors (Lipinski definition) is 5. The Balaban J connectivity index is 1.95. The molecule has 1 atom stereocenters. The number of fused-ring (bicyclic) bond motifs is 1. The highest BCUT2D eigenvalue weighted by molar-refractivity contribution is 7.89. The molecule has 0 fully saturated rings.